The number of carboxylic acid groups (broad SMARTS) is 1. The molecule has 1 amide bonds. The molecule has 0 spiro atoms. The van der Waals surface area contributed by atoms with Gasteiger partial charge in [0, 0.05) is 23.1 Å². The van der Waals surface area contributed by atoms with Crippen LogP contribution in [0.1, 0.15) is 37.0 Å². The number of carboxylic acids is 1. The van der Waals surface area contributed by atoms with Gasteiger partial charge in [0.15, 0.2) is 5.78 Å². The van der Waals surface area contributed by atoms with E-state index in [0.29, 0.717) is 24.1 Å². The number of nitrogens with one attached hydrogen (secondary N) is 1. The summed E-state index contributed by atoms with van der Waals surface area (Å²) in [7, 11) is 0. The van der Waals surface area contributed by atoms with Gasteiger partial charge in [0.25, 0.3) is 0 Å². The van der Waals surface area contributed by atoms with Crippen LogP contribution in [0.4, 0.5) is 5.69 Å². The van der Waals surface area contributed by atoms with E-state index in [9.17, 15) is 19.5 Å². The number of amides is 1. The van der Waals surface area contributed by atoms with Crippen LogP contribution in [0.25, 0.3) is 0 Å². The van der Waals surface area contributed by atoms with Gasteiger partial charge in [-0.1, -0.05) is 11.6 Å². The molecule has 0 radical (unpaired) electrons. The minimum atomic E-state index is -1.20. The van der Waals surface area contributed by atoms with Crippen molar-refractivity contribution in [1.29, 1.82) is 0 Å². The van der Waals surface area contributed by atoms with E-state index < -0.39 is 17.8 Å². The Balaban J connectivity index is 2.11. The number of aliphatic carboxylic acids is 1. The van der Waals surface area contributed by atoms with E-state index in [1.165, 1.54) is 6.92 Å². The van der Waals surface area contributed by atoms with Crippen molar-refractivity contribution >= 4 is 23.3 Å². The number of Topliss-reactive ketones (excluding diaryl/α,β-unsaturated/α-hetero) is 1. The molecule has 0 heterocycles. The summed E-state index contributed by atoms with van der Waals surface area (Å²) in [5.74, 6) is -3.03. The fourth-order valence-corrected chi connectivity index (χ4v) is 2.62. The van der Waals surface area contributed by atoms with Crippen LogP contribution in [0.3, 0.4) is 0 Å². The number of carbonyl (C=O) groups is 3. The van der Waals surface area contributed by atoms with Crippen molar-refractivity contribution in [3.8, 4) is 0 Å². The molecule has 1 aliphatic rings. The Bertz CT molecular complexity index is 631. The quantitative estimate of drug-likeness (QED) is 0.675. The molecule has 0 fully saturated rings. The van der Waals surface area contributed by atoms with Crippen molar-refractivity contribution in [3.63, 3.8) is 0 Å². The number of rotatable bonds is 4. The molecule has 0 saturated heterocycles. The van der Waals surface area contributed by atoms with Crippen LogP contribution in [-0.2, 0) is 9.59 Å². The molecule has 1 N–H and O–H groups in total. The molecular formula is C17H18NO4-. The van der Waals surface area contributed by atoms with Gasteiger partial charge < -0.3 is 15.2 Å². The predicted molar refractivity (Wildman–Crippen MR) is 80.1 cm³/mol. The zero-order chi connectivity index (χ0) is 16.3. The first-order valence-electron chi connectivity index (χ1n) is 7.17. The lowest BCUT2D eigenvalue weighted by Gasteiger charge is -2.30. The minimum Gasteiger partial charge on any atom is -0.550 e. The highest BCUT2D eigenvalue weighted by atomic mass is 16.4. The summed E-state index contributed by atoms with van der Waals surface area (Å²) in [5.41, 5.74) is 2.10. The van der Waals surface area contributed by atoms with Gasteiger partial charge in [0.1, 0.15) is 0 Å². The Morgan fingerprint density at radius 3 is 2.32 bits per heavy atom. The Kier molecular flexibility index (Phi) is 4.75. The first-order valence-corrected chi connectivity index (χ1v) is 7.17. The molecule has 0 saturated carbocycles. The van der Waals surface area contributed by atoms with Crippen molar-refractivity contribution in [2.24, 2.45) is 11.8 Å². The summed E-state index contributed by atoms with van der Waals surface area (Å²) in [6.45, 7) is 3.35. The van der Waals surface area contributed by atoms with Crippen LogP contribution in [0, 0.1) is 11.8 Å². The van der Waals surface area contributed by atoms with E-state index in [1.807, 2.05) is 13.0 Å². The molecule has 1 aliphatic carbocycles. The average Bonchev–Trinajstić information content (AvgIpc) is 2.47. The van der Waals surface area contributed by atoms with Gasteiger partial charge in [-0.05, 0) is 51.0 Å². The lowest BCUT2D eigenvalue weighted by molar-refractivity contribution is -0.313. The first kappa shape index (κ1) is 15.9. The van der Waals surface area contributed by atoms with Crippen molar-refractivity contribution < 1.29 is 19.5 Å². The summed E-state index contributed by atoms with van der Waals surface area (Å²) in [6.07, 6.45) is 2.57. The zero-order valence-electron chi connectivity index (χ0n) is 12.6. The summed E-state index contributed by atoms with van der Waals surface area (Å²) >= 11 is 0. The standard InChI is InChI=1S/C17H19NO4/c1-10-3-8-14(17(21)22)15(9-10)16(20)18-13-6-4-12(5-7-13)11(2)19/h3-7,14-15H,8-9H2,1-2H3,(H,18,20)(H,21,22)/p-1/t14-,15+/m1/s1. The van der Waals surface area contributed by atoms with Crippen LogP contribution >= 0.6 is 0 Å². The van der Waals surface area contributed by atoms with Gasteiger partial charge in [-0.2, -0.15) is 0 Å². The van der Waals surface area contributed by atoms with Crippen LogP contribution in [0.15, 0.2) is 35.9 Å². The third kappa shape index (κ3) is 3.61. The van der Waals surface area contributed by atoms with E-state index in [1.54, 1.807) is 24.3 Å². The Morgan fingerprint density at radius 2 is 1.77 bits per heavy atom. The van der Waals surface area contributed by atoms with Crippen LogP contribution in [0.2, 0.25) is 0 Å². The number of benzene rings is 1. The lowest BCUT2D eigenvalue weighted by atomic mass is 9.79. The Labute approximate surface area is 129 Å². The first-order chi connectivity index (χ1) is 10.4. The minimum absolute atomic E-state index is 0.0528. The average molecular weight is 300 g/mol. The van der Waals surface area contributed by atoms with Gasteiger partial charge in [-0.15, -0.1) is 0 Å². The maximum atomic E-state index is 12.4. The molecule has 0 bridgehead atoms. The molecular weight excluding hydrogens is 282 g/mol. The fourth-order valence-electron chi connectivity index (χ4n) is 2.62. The molecule has 0 aromatic heterocycles. The van der Waals surface area contributed by atoms with E-state index >= 15 is 0 Å². The summed E-state index contributed by atoms with van der Waals surface area (Å²) in [5, 5.41) is 13.9. The molecule has 116 valence electrons. The second-order valence-corrected chi connectivity index (χ2v) is 5.65. The van der Waals surface area contributed by atoms with Crippen molar-refractivity contribution in [2.75, 3.05) is 5.32 Å². The lowest BCUT2D eigenvalue weighted by Crippen LogP contribution is -2.42. The van der Waals surface area contributed by atoms with Crippen molar-refractivity contribution in [2.45, 2.75) is 26.7 Å². The topological polar surface area (TPSA) is 86.3 Å². The largest absolute Gasteiger partial charge is 0.550 e. The highest BCUT2D eigenvalue weighted by Crippen LogP contribution is 2.30. The normalized spacial score (nSPS) is 20.9. The second-order valence-electron chi connectivity index (χ2n) is 5.65. The summed E-state index contributed by atoms with van der Waals surface area (Å²) in [4.78, 5) is 34.8. The van der Waals surface area contributed by atoms with Crippen LogP contribution in [0.5, 0.6) is 0 Å². The smallest absolute Gasteiger partial charge is 0.228 e. The van der Waals surface area contributed by atoms with Gasteiger partial charge in [0.05, 0.1) is 5.92 Å². The van der Waals surface area contributed by atoms with Crippen LogP contribution in [-0.4, -0.2) is 17.7 Å². The molecule has 22 heavy (non-hydrogen) atoms. The highest BCUT2D eigenvalue weighted by molar-refractivity contribution is 5.97. The third-order valence-electron chi connectivity index (χ3n) is 3.95. The highest BCUT2D eigenvalue weighted by Gasteiger charge is 2.31. The number of hydrogen-bond donors (Lipinski definition) is 1. The molecule has 1 aromatic rings. The van der Waals surface area contributed by atoms with E-state index in [0.717, 1.165) is 5.57 Å². The predicted octanol–water partition coefficient (Wildman–Crippen LogP) is 1.55. The third-order valence-corrected chi connectivity index (χ3v) is 3.95. The Morgan fingerprint density at radius 1 is 1.14 bits per heavy atom. The van der Waals surface area contributed by atoms with Crippen molar-refractivity contribution in [1.82, 2.24) is 0 Å². The fraction of sp³-hybridized carbons (Fsp3) is 0.353. The molecule has 2 atom stereocenters. The number of carbonyl (C=O) groups excluding carboxylic acids is 3. The van der Waals surface area contributed by atoms with E-state index in [4.69, 9.17) is 0 Å². The number of hydrogen-bond acceptors (Lipinski definition) is 4. The maximum absolute atomic E-state index is 12.4. The summed E-state index contributed by atoms with van der Waals surface area (Å²) in [6, 6.07) is 6.52. The molecule has 2 rings (SSSR count). The second kappa shape index (κ2) is 6.56. The van der Waals surface area contributed by atoms with E-state index in [2.05, 4.69) is 5.32 Å². The van der Waals surface area contributed by atoms with Gasteiger partial charge >= 0.3 is 0 Å². The number of ketones is 1. The van der Waals surface area contributed by atoms with E-state index in [-0.39, 0.29) is 11.7 Å². The van der Waals surface area contributed by atoms with Gasteiger partial charge in [0.2, 0.25) is 5.91 Å². The van der Waals surface area contributed by atoms with Crippen molar-refractivity contribution in [3.05, 3.63) is 41.5 Å². The Hall–Kier alpha value is -2.43. The molecule has 5 heteroatoms. The zero-order valence-corrected chi connectivity index (χ0v) is 12.6. The number of allylic oxidation sites excluding steroid dienone is 2. The number of anilines is 1. The molecule has 5 nitrogen and oxygen atoms in total. The molecule has 1 aromatic carbocycles. The molecule has 0 aliphatic heterocycles. The van der Waals surface area contributed by atoms with Gasteiger partial charge in [-0.3, -0.25) is 9.59 Å². The van der Waals surface area contributed by atoms with Crippen LogP contribution < -0.4 is 10.4 Å². The maximum Gasteiger partial charge on any atom is 0.228 e. The SMILES string of the molecule is CC(=O)c1ccc(NC(=O)[C@H]2CC(C)=CC[C@H]2C(=O)[O-])cc1. The summed E-state index contributed by atoms with van der Waals surface area (Å²) < 4.78 is 0. The molecule has 0 unspecified atom stereocenters. The van der Waals surface area contributed by atoms with Gasteiger partial charge in [-0.25, -0.2) is 0 Å². The monoisotopic (exact) mass is 300 g/mol.